The van der Waals surface area contributed by atoms with Gasteiger partial charge in [-0.1, -0.05) is 0 Å². The molecule has 1 N–H and O–H groups in total. The number of imide groups is 1. The number of amidine groups is 1. The molecule has 1 rings (SSSR count). The molecule has 1 fully saturated rings. The summed E-state index contributed by atoms with van der Waals surface area (Å²) in [5.74, 6) is -0.632. The van der Waals surface area contributed by atoms with Crippen LogP contribution in [0.4, 0.5) is 0 Å². The van der Waals surface area contributed by atoms with Crippen LogP contribution in [0.2, 0.25) is 0 Å². The van der Waals surface area contributed by atoms with Crippen LogP contribution in [-0.2, 0) is 9.59 Å². The van der Waals surface area contributed by atoms with Crippen LogP contribution in [0.5, 0.6) is 0 Å². The van der Waals surface area contributed by atoms with Gasteiger partial charge in [-0.3, -0.25) is 19.9 Å². The fraction of sp³-hybridized carbons (Fsp3) is 0.667. The molecule has 1 heterocycles. The summed E-state index contributed by atoms with van der Waals surface area (Å²) in [5, 5.41) is 7.67. The van der Waals surface area contributed by atoms with E-state index >= 15 is 0 Å². The van der Waals surface area contributed by atoms with Crippen LogP contribution < -0.4 is 0 Å². The van der Waals surface area contributed by atoms with Gasteiger partial charge in [-0.25, -0.2) is 0 Å². The highest BCUT2D eigenvalue weighted by Crippen LogP contribution is 2.19. The van der Waals surface area contributed by atoms with Gasteiger partial charge in [0.25, 0.3) is 0 Å². The highest BCUT2D eigenvalue weighted by atomic mass is 16.2. The van der Waals surface area contributed by atoms with Gasteiger partial charge in [0.15, 0.2) is 0 Å². The molecule has 1 aliphatic heterocycles. The average Bonchev–Trinajstić information content (AvgIpc) is 2.45. The Hall–Kier alpha value is -1.39. The Morgan fingerprint density at radius 2 is 2.14 bits per heavy atom. The zero-order valence-electron chi connectivity index (χ0n) is 8.70. The maximum Gasteiger partial charge on any atom is 0.239 e. The molecule has 1 unspecified atom stereocenters. The van der Waals surface area contributed by atoms with Crippen molar-refractivity contribution in [3.05, 3.63) is 0 Å². The number of nitrogens with zero attached hydrogens (tertiary/aromatic N) is 2. The maximum atomic E-state index is 11.6. The van der Waals surface area contributed by atoms with Crippen LogP contribution in [0.25, 0.3) is 0 Å². The molecule has 0 spiro atoms. The quantitative estimate of drug-likeness (QED) is 0.472. The fourth-order valence-electron chi connectivity index (χ4n) is 1.56. The van der Waals surface area contributed by atoms with Gasteiger partial charge in [0, 0.05) is 27.6 Å². The zero-order valence-corrected chi connectivity index (χ0v) is 8.70. The van der Waals surface area contributed by atoms with E-state index in [0.717, 1.165) is 0 Å². The van der Waals surface area contributed by atoms with Crippen molar-refractivity contribution in [3.8, 4) is 0 Å². The van der Waals surface area contributed by atoms with Crippen molar-refractivity contribution < 1.29 is 9.59 Å². The first-order chi connectivity index (χ1) is 6.45. The summed E-state index contributed by atoms with van der Waals surface area (Å²) >= 11 is 0. The molecule has 1 saturated heterocycles. The topological polar surface area (TPSA) is 64.5 Å². The second-order valence-corrected chi connectivity index (χ2v) is 3.63. The Kier molecular flexibility index (Phi) is 2.88. The van der Waals surface area contributed by atoms with E-state index in [-0.39, 0.29) is 17.6 Å². The Labute approximate surface area is 83.2 Å². The molecule has 0 aromatic rings. The van der Waals surface area contributed by atoms with Crippen LogP contribution in [0.1, 0.15) is 13.3 Å². The summed E-state index contributed by atoms with van der Waals surface area (Å²) < 4.78 is 0. The highest BCUT2D eigenvalue weighted by Gasteiger charge is 2.37. The van der Waals surface area contributed by atoms with Crippen molar-refractivity contribution in [2.24, 2.45) is 5.92 Å². The van der Waals surface area contributed by atoms with Crippen LogP contribution >= 0.6 is 0 Å². The summed E-state index contributed by atoms with van der Waals surface area (Å²) in [6, 6.07) is 0. The summed E-state index contributed by atoms with van der Waals surface area (Å²) in [6.07, 6.45) is 0.565. The van der Waals surface area contributed by atoms with Crippen molar-refractivity contribution in [1.29, 1.82) is 5.41 Å². The minimum absolute atomic E-state index is 0.232. The number of carbonyl (C=O) groups excluding carboxylic acids is 2. The lowest BCUT2D eigenvalue weighted by molar-refractivity contribution is -0.141. The lowest BCUT2D eigenvalue weighted by atomic mass is 10.1. The number of nitrogens with one attached hydrogen (secondary N) is 1. The van der Waals surface area contributed by atoms with Crippen molar-refractivity contribution in [2.45, 2.75) is 13.3 Å². The Bertz CT molecular complexity index is 286. The second-order valence-electron chi connectivity index (χ2n) is 3.63. The molecular formula is C9H15N3O2. The van der Waals surface area contributed by atoms with E-state index in [1.54, 1.807) is 19.0 Å². The molecule has 0 radical (unpaired) electrons. The molecule has 78 valence electrons. The van der Waals surface area contributed by atoms with Gasteiger partial charge in [0.1, 0.15) is 5.84 Å². The van der Waals surface area contributed by atoms with Gasteiger partial charge in [-0.2, -0.15) is 0 Å². The third kappa shape index (κ3) is 1.76. The first-order valence-corrected chi connectivity index (χ1v) is 4.53. The zero-order chi connectivity index (χ0) is 10.9. The predicted octanol–water partition coefficient (Wildman–Crippen LogP) is -0.0797. The molecule has 0 bridgehead atoms. The first-order valence-electron chi connectivity index (χ1n) is 4.53. The van der Waals surface area contributed by atoms with Crippen LogP contribution in [-0.4, -0.2) is 48.1 Å². The molecule has 2 amide bonds. The van der Waals surface area contributed by atoms with Gasteiger partial charge in [-0.05, 0) is 6.42 Å². The van der Waals surface area contributed by atoms with E-state index in [4.69, 9.17) is 5.41 Å². The van der Waals surface area contributed by atoms with E-state index in [1.165, 1.54) is 11.8 Å². The third-order valence-electron chi connectivity index (χ3n) is 2.40. The molecule has 5 heteroatoms. The number of carbonyl (C=O) groups is 2. The lowest BCUT2D eigenvalue weighted by Gasteiger charge is -2.18. The number of hydrogen-bond donors (Lipinski definition) is 1. The summed E-state index contributed by atoms with van der Waals surface area (Å²) in [5.41, 5.74) is 0. The minimum atomic E-state index is -0.436. The number of rotatable bonds is 1. The van der Waals surface area contributed by atoms with Gasteiger partial charge in [0.2, 0.25) is 11.8 Å². The molecule has 0 aliphatic carbocycles. The normalized spacial score (nSPS) is 21.2. The average molecular weight is 197 g/mol. The molecule has 0 saturated carbocycles. The molecular weight excluding hydrogens is 182 g/mol. The molecule has 0 aromatic carbocycles. The standard InChI is InChI=1S/C9H15N3O2/c1-6(13)12-5-4-7(9(12)14)8(10)11(2)3/h7,10H,4-5H2,1-3H3. The summed E-state index contributed by atoms with van der Waals surface area (Å²) in [7, 11) is 3.46. The maximum absolute atomic E-state index is 11.6. The van der Waals surface area contributed by atoms with Gasteiger partial charge in [0.05, 0.1) is 5.92 Å². The Balaban J connectivity index is 2.74. The monoisotopic (exact) mass is 197 g/mol. The van der Waals surface area contributed by atoms with Gasteiger partial charge < -0.3 is 4.90 Å². The second kappa shape index (κ2) is 3.77. The smallest absolute Gasteiger partial charge is 0.239 e. The summed E-state index contributed by atoms with van der Waals surface area (Å²) in [4.78, 5) is 25.5. The van der Waals surface area contributed by atoms with E-state index in [1.807, 2.05) is 0 Å². The number of likely N-dealkylation sites (tertiary alicyclic amines) is 1. The lowest BCUT2D eigenvalue weighted by Crippen LogP contribution is -2.37. The van der Waals surface area contributed by atoms with E-state index in [0.29, 0.717) is 13.0 Å². The summed E-state index contributed by atoms with van der Waals surface area (Å²) in [6.45, 7) is 1.81. The Morgan fingerprint density at radius 3 is 2.50 bits per heavy atom. The minimum Gasteiger partial charge on any atom is -0.366 e. The SMILES string of the molecule is CC(=O)N1CCC(C(=N)N(C)C)C1=O. The third-order valence-corrected chi connectivity index (χ3v) is 2.40. The van der Waals surface area contributed by atoms with Crippen molar-refractivity contribution in [2.75, 3.05) is 20.6 Å². The van der Waals surface area contributed by atoms with Crippen molar-refractivity contribution >= 4 is 17.6 Å². The van der Waals surface area contributed by atoms with Crippen LogP contribution in [0.3, 0.4) is 0 Å². The molecule has 5 nitrogen and oxygen atoms in total. The van der Waals surface area contributed by atoms with E-state index < -0.39 is 5.92 Å². The van der Waals surface area contributed by atoms with Crippen molar-refractivity contribution in [1.82, 2.24) is 9.80 Å². The number of amides is 2. The Morgan fingerprint density at radius 1 is 1.57 bits per heavy atom. The van der Waals surface area contributed by atoms with Gasteiger partial charge >= 0.3 is 0 Å². The fourth-order valence-corrected chi connectivity index (χ4v) is 1.56. The van der Waals surface area contributed by atoms with Gasteiger partial charge in [-0.15, -0.1) is 0 Å². The predicted molar refractivity (Wildman–Crippen MR) is 51.9 cm³/mol. The molecule has 14 heavy (non-hydrogen) atoms. The van der Waals surface area contributed by atoms with Crippen LogP contribution in [0.15, 0.2) is 0 Å². The van der Waals surface area contributed by atoms with Crippen LogP contribution in [0, 0.1) is 11.3 Å². The molecule has 0 aromatic heterocycles. The van der Waals surface area contributed by atoms with E-state index in [2.05, 4.69) is 0 Å². The molecule has 1 atom stereocenters. The van der Waals surface area contributed by atoms with E-state index in [9.17, 15) is 9.59 Å². The number of hydrogen-bond acceptors (Lipinski definition) is 3. The highest BCUT2D eigenvalue weighted by molar-refractivity contribution is 6.08. The largest absolute Gasteiger partial charge is 0.366 e. The molecule has 1 aliphatic rings. The first kappa shape index (κ1) is 10.7. The van der Waals surface area contributed by atoms with Crippen molar-refractivity contribution in [3.63, 3.8) is 0 Å².